The molecule has 174 valence electrons. The lowest BCUT2D eigenvalue weighted by molar-refractivity contribution is -0.122. The van der Waals surface area contributed by atoms with Gasteiger partial charge in [0.05, 0.1) is 11.4 Å². The molecule has 1 amide bonds. The van der Waals surface area contributed by atoms with Crippen molar-refractivity contribution in [3.63, 3.8) is 0 Å². The number of carbonyl (C=O) groups excluding carboxylic acids is 1. The third-order valence-electron chi connectivity index (χ3n) is 6.55. The second-order valence-electron chi connectivity index (χ2n) is 8.85. The molecule has 0 saturated heterocycles. The fourth-order valence-electron chi connectivity index (χ4n) is 4.81. The molecule has 1 aliphatic rings. The van der Waals surface area contributed by atoms with Gasteiger partial charge in [0.1, 0.15) is 5.82 Å². The van der Waals surface area contributed by atoms with Crippen LogP contribution < -0.4 is 10.6 Å². The molecule has 2 N–H and O–H groups in total. The predicted octanol–water partition coefficient (Wildman–Crippen LogP) is 6.33. The molecule has 1 aromatic heterocycles. The van der Waals surface area contributed by atoms with Crippen LogP contribution in [0.15, 0.2) is 97.1 Å². The van der Waals surface area contributed by atoms with Crippen LogP contribution in [0.5, 0.6) is 0 Å². The van der Waals surface area contributed by atoms with E-state index < -0.39 is 0 Å². The van der Waals surface area contributed by atoms with Gasteiger partial charge < -0.3 is 10.6 Å². The van der Waals surface area contributed by atoms with Gasteiger partial charge >= 0.3 is 0 Å². The highest BCUT2D eigenvalue weighted by atomic mass is 35.5. The smallest absolute Gasteiger partial charge is 0.232 e. The monoisotopic (exact) mass is 471 g/mol. The summed E-state index contributed by atoms with van der Waals surface area (Å²) < 4.78 is 0. The van der Waals surface area contributed by atoms with E-state index in [-0.39, 0.29) is 30.3 Å². The lowest BCUT2D eigenvalue weighted by atomic mass is 9.88. The van der Waals surface area contributed by atoms with Crippen molar-refractivity contribution in [2.75, 3.05) is 5.32 Å². The minimum Gasteiger partial charge on any atom is -0.367 e. The lowest BCUT2D eigenvalue weighted by Gasteiger charge is -2.31. The number of nitrogens with zero attached hydrogens (tertiary/aromatic N) is 1. The average Bonchev–Trinajstić information content (AvgIpc) is 2.87. The Labute approximate surface area is 207 Å². The number of hydrogen-bond acceptors (Lipinski definition) is 3. The summed E-state index contributed by atoms with van der Waals surface area (Å²) in [4.78, 5) is 18.1. The van der Waals surface area contributed by atoms with Gasteiger partial charge in [-0.25, -0.2) is 4.98 Å². The van der Waals surface area contributed by atoms with Gasteiger partial charge in [0.25, 0.3) is 0 Å². The van der Waals surface area contributed by atoms with Crippen molar-refractivity contribution in [1.82, 2.24) is 10.3 Å². The first-order valence-corrected chi connectivity index (χ1v) is 11.8. The van der Waals surface area contributed by atoms with Gasteiger partial charge in [0.2, 0.25) is 5.91 Å². The fraction of sp³-hybridized carbons (Fsp3) is 0.241. The van der Waals surface area contributed by atoms with E-state index >= 15 is 0 Å². The van der Waals surface area contributed by atoms with E-state index in [4.69, 9.17) is 4.98 Å². The van der Waals surface area contributed by atoms with Crippen LogP contribution in [0.25, 0.3) is 10.9 Å². The number of fused-ring (bicyclic) bond motifs is 1. The minimum atomic E-state index is -0.287. The third kappa shape index (κ3) is 5.57. The number of halogens is 1. The van der Waals surface area contributed by atoms with Crippen LogP contribution in [0, 0.1) is 0 Å². The van der Waals surface area contributed by atoms with Crippen molar-refractivity contribution in [1.29, 1.82) is 0 Å². The molecule has 1 fully saturated rings. The average molecular weight is 472 g/mol. The van der Waals surface area contributed by atoms with Gasteiger partial charge in [-0.1, -0.05) is 78.9 Å². The van der Waals surface area contributed by atoms with Gasteiger partial charge in [-0.15, -0.1) is 12.4 Å². The Morgan fingerprint density at radius 2 is 1.26 bits per heavy atom. The van der Waals surface area contributed by atoms with E-state index in [9.17, 15) is 4.79 Å². The first-order chi connectivity index (χ1) is 16.3. The molecule has 4 aromatic rings. The van der Waals surface area contributed by atoms with E-state index in [1.165, 1.54) is 0 Å². The standard InChI is InChI=1S/C29H29N3O.ClH/c33-29(28(22-10-3-1-4-11-22)23-12-5-2-6-13-23)31-25-18-16-24(17-19-25)30-27-20-15-21-9-7-8-14-26(21)32-27;/h1-15,20,24-25,28H,16-19H2,(H,30,32)(H,31,33);1H. The topological polar surface area (TPSA) is 54.0 Å². The van der Waals surface area contributed by atoms with E-state index in [2.05, 4.69) is 28.8 Å². The zero-order valence-corrected chi connectivity index (χ0v) is 19.9. The molecular formula is C29H30ClN3O. The molecule has 0 unspecified atom stereocenters. The van der Waals surface area contributed by atoms with Crippen molar-refractivity contribution in [2.45, 2.75) is 43.7 Å². The largest absolute Gasteiger partial charge is 0.367 e. The maximum absolute atomic E-state index is 13.4. The van der Waals surface area contributed by atoms with Crippen LogP contribution in [0.1, 0.15) is 42.7 Å². The fourth-order valence-corrected chi connectivity index (χ4v) is 4.81. The summed E-state index contributed by atoms with van der Waals surface area (Å²) in [5.74, 6) is 0.722. The van der Waals surface area contributed by atoms with Crippen LogP contribution in [-0.4, -0.2) is 23.0 Å². The molecule has 0 radical (unpaired) electrons. The molecule has 0 spiro atoms. The molecular weight excluding hydrogens is 442 g/mol. The summed E-state index contributed by atoms with van der Waals surface area (Å²) >= 11 is 0. The summed E-state index contributed by atoms with van der Waals surface area (Å²) in [6.07, 6.45) is 3.96. The third-order valence-corrected chi connectivity index (χ3v) is 6.55. The predicted molar refractivity (Wildman–Crippen MR) is 142 cm³/mol. The molecule has 1 heterocycles. The molecule has 5 heteroatoms. The number of amides is 1. The Morgan fingerprint density at radius 3 is 1.91 bits per heavy atom. The van der Waals surface area contributed by atoms with E-state index in [1.807, 2.05) is 78.9 Å². The zero-order valence-electron chi connectivity index (χ0n) is 19.1. The Bertz CT molecular complexity index is 1170. The van der Waals surface area contributed by atoms with Gasteiger partial charge in [0, 0.05) is 17.5 Å². The van der Waals surface area contributed by atoms with Gasteiger partial charge in [-0.05, 0) is 55.0 Å². The molecule has 0 aliphatic heterocycles. The maximum Gasteiger partial charge on any atom is 0.232 e. The van der Waals surface area contributed by atoms with Crippen LogP contribution in [0.3, 0.4) is 0 Å². The number of rotatable bonds is 6. The molecule has 34 heavy (non-hydrogen) atoms. The number of aromatic nitrogens is 1. The second-order valence-corrected chi connectivity index (χ2v) is 8.85. The number of benzene rings is 3. The van der Waals surface area contributed by atoms with Crippen molar-refractivity contribution >= 4 is 35.0 Å². The molecule has 5 rings (SSSR count). The van der Waals surface area contributed by atoms with Crippen molar-refractivity contribution in [2.24, 2.45) is 0 Å². The number of carbonyl (C=O) groups is 1. The molecule has 1 saturated carbocycles. The molecule has 1 aliphatic carbocycles. The van der Waals surface area contributed by atoms with Crippen LogP contribution in [0.2, 0.25) is 0 Å². The SMILES string of the molecule is Cl.O=C(NC1CCC(Nc2ccc3ccccc3n2)CC1)C(c1ccccc1)c1ccccc1. The van der Waals surface area contributed by atoms with Gasteiger partial charge in [-0.2, -0.15) is 0 Å². The summed E-state index contributed by atoms with van der Waals surface area (Å²) in [6, 6.07) is 33.0. The summed E-state index contributed by atoms with van der Waals surface area (Å²) in [5.41, 5.74) is 3.06. The van der Waals surface area contributed by atoms with Gasteiger partial charge in [-0.3, -0.25) is 4.79 Å². The first kappa shape index (κ1) is 23.8. The van der Waals surface area contributed by atoms with Crippen molar-refractivity contribution in [3.8, 4) is 0 Å². The highest BCUT2D eigenvalue weighted by Gasteiger charge is 2.27. The van der Waals surface area contributed by atoms with E-state index in [0.29, 0.717) is 6.04 Å². The number of hydrogen-bond donors (Lipinski definition) is 2. The first-order valence-electron chi connectivity index (χ1n) is 11.8. The highest BCUT2D eigenvalue weighted by Crippen LogP contribution is 2.27. The van der Waals surface area contributed by atoms with Crippen molar-refractivity contribution in [3.05, 3.63) is 108 Å². The normalized spacial score (nSPS) is 17.7. The summed E-state index contributed by atoms with van der Waals surface area (Å²) in [5, 5.41) is 8.09. The van der Waals surface area contributed by atoms with Crippen LogP contribution in [-0.2, 0) is 4.79 Å². The van der Waals surface area contributed by atoms with Crippen LogP contribution in [0.4, 0.5) is 5.82 Å². The second kappa shape index (κ2) is 11.2. The van der Waals surface area contributed by atoms with E-state index in [0.717, 1.165) is 53.5 Å². The Morgan fingerprint density at radius 1 is 0.706 bits per heavy atom. The van der Waals surface area contributed by atoms with Crippen molar-refractivity contribution < 1.29 is 4.79 Å². The number of nitrogens with one attached hydrogen (secondary N) is 2. The molecule has 4 nitrogen and oxygen atoms in total. The quantitative estimate of drug-likeness (QED) is 0.345. The van der Waals surface area contributed by atoms with Gasteiger partial charge in [0.15, 0.2) is 0 Å². The zero-order chi connectivity index (χ0) is 22.5. The summed E-state index contributed by atoms with van der Waals surface area (Å²) in [7, 11) is 0. The minimum absolute atomic E-state index is 0. The maximum atomic E-state index is 13.4. The molecule has 0 bridgehead atoms. The van der Waals surface area contributed by atoms with Crippen LogP contribution >= 0.6 is 12.4 Å². The Hall–Kier alpha value is -3.37. The van der Waals surface area contributed by atoms with E-state index in [1.54, 1.807) is 0 Å². The highest BCUT2D eigenvalue weighted by molar-refractivity contribution is 5.87. The summed E-state index contributed by atoms with van der Waals surface area (Å²) in [6.45, 7) is 0. The Balaban J connectivity index is 0.00000274. The molecule has 3 aromatic carbocycles. The Kier molecular flexibility index (Phi) is 7.81. The number of para-hydroxylation sites is 1. The number of pyridine rings is 1. The lowest BCUT2D eigenvalue weighted by Crippen LogP contribution is -2.42. The number of anilines is 1. The molecule has 0 atom stereocenters.